The summed E-state index contributed by atoms with van der Waals surface area (Å²) in [6, 6.07) is 9.59. The fraction of sp³-hybridized carbons (Fsp3) is 0.188. The number of hydrogen-bond acceptors (Lipinski definition) is 6. The average Bonchev–Trinajstić information content (AvgIpc) is 2.57. The smallest absolute Gasteiger partial charge is 0.269 e. The number of hydrogen-bond donors (Lipinski definition) is 2. The normalized spacial score (nSPS) is 10.8. The number of nitrogens with zero attached hydrogens (tertiary/aromatic N) is 2. The van der Waals surface area contributed by atoms with E-state index in [2.05, 4.69) is 26.2 Å². The number of nitro groups is 1. The standard InChI is InChI=1S/C16H16BrN3O4/c1-24-15-9-12(17)8-11(16(15)21)10-18-6-7-19-13-2-4-14(5-3-13)20(22)23/h2-5,8-10,19,21H,6-7H2,1H3. The Balaban J connectivity index is 1.89. The Morgan fingerprint density at radius 3 is 2.71 bits per heavy atom. The highest BCUT2D eigenvalue weighted by atomic mass is 79.9. The van der Waals surface area contributed by atoms with Crippen molar-refractivity contribution >= 4 is 33.5 Å². The molecule has 0 aliphatic rings. The Morgan fingerprint density at radius 1 is 1.38 bits per heavy atom. The quantitative estimate of drug-likeness (QED) is 0.324. The van der Waals surface area contributed by atoms with Crippen molar-refractivity contribution < 1.29 is 14.8 Å². The van der Waals surface area contributed by atoms with Gasteiger partial charge in [-0.15, -0.1) is 0 Å². The van der Waals surface area contributed by atoms with E-state index in [4.69, 9.17) is 4.74 Å². The maximum Gasteiger partial charge on any atom is 0.269 e. The average molecular weight is 394 g/mol. The van der Waals surface area contributed by atoms with E-state index in [1.807, 2.05) is 0 Å². The molecule has 0 aliphatic heterocycles. The zero-order valence-corrected chi connectivity index (χ0v) is 14.5. The van der Waals surface area contributed by atoms with E-state index < -0.39 is 4.92 Å². The van der Waals surface area contributed by atoms with Crippen molar-refractivity contribution in [2.75, 3.05) is 25.5 Å². The molecule has 0 atom stereocenters. The minimum Gasteiger partial charge on any atom is -0.504 e. The molecule has 0 unspecified atom stereocenters. The number of phenols is 1. The number of ether oxygens (including phenoxy) is 1. The molecule has 0 spiro atoms. The van der Waals surface area contributed by atoms with Crippen molar-refractivity contribution in [3.05, 3.63) is 56.5 Å². The fourth-order valence-corrected chi connectivity index (χ4v) is 2.43. The maximum absolute atomic E-state index is 10.6. The number of halogens is 1. The van der Waals surface area contributed by atoms with Gasteiger partial charge in [0.1, 0.15) is 0 Å². The first-order chi connectivity index (χ1) is 11.5. The summed E-state index contributed by atoms with van der Waals surface area (Å²) in [5, 5.41) is 23.7. The highest BCUT2D eigenvalue weighted by Crippen LogP contribution is 2.32. The van der Waals surface area contributed by atoms with E-state index in [-0.39, 0.29) is 11.4 Å². The van der Waals surface area contributed by atoms with Gasteiger partial charge in [0.2, 0.25) is 0 Å². The van der Waals surface area contributed by atoms with Gasteiger partial charge in [-0.25, -0.2) is 0 Å². The number of benzene rings is 2. The van der Waals surface area contributed by atoms with E-state index >= 15 is 0 Å². The number of nitrogens with one attached hydrogen (secondary N) is 1. The van der Waals surface area contributed by atoms with Crippen LogP contribution in [0, 0.1) is 10.1 Å². The molecule has 0 aromatic heterocycles. The molecule has 2 aromatic carbocycles. The monoisotopic (exact) mass is 393 g/mol. The minimum atomic E-state index is -0.438. The highest BCUT2D eigenvalue weighted by molar-refractivity contribution is 9.10. The van der Waals surface area contributed by atoms with Crippen molar-refractivity contribution in [2.24, 2.45) is 4.99 Å². The largest absolute Gasteiger partial charge is 0.504 e. The molecule has 0 aliphatic carbocycles. The molecule has 0 saturated heterocycles. The van der Waals surface area contributed by atoms with Crippen molar-refractivity contribution in [3.63, 3.8) is 0 Å². The summed E-state index contributed by atoms with van der Waals surface area (Å²) in [4.78, 5) is 14.4. The van der Waals surface area contributed by atoms with Crippen LogP contribution in [0.25, 0.3) is 0 Å². The second-order valence-corrected chi connectivity index (χ2v) is 5.73. The van der Waals surface area contributed by atoms with Crippen LogP contribution in [0.1, 0.15) is 5.56 Å². The summed E-state index contributed by atoms with van der Waals surface area (Å²) in [5.74, 6) is 0.405. The number of rotatable bonds is 7. The molecule has 2 N–H and O–H groups in total. The van der Waals surface area contributed by atoms with Gasteiger partial charge >= 0.3 is 0 Å². The first-order valence-corrected chi connectivity index (χ1v) is 7.85. The predicted molar refractivity (Wildman–Crippen MR) is 96.4 cm³/mol. The molecule has 24 heavy (non-hydrogen) atoms. The summed E-state index contributed by atoms with van der Waals surface area (Å²) in [6.07, 6.45) is 1.57. The molecular formula is C16H16BrN3O4. The second-order valence-electron chi connectivity index (χ2n) is 4.81. The number of aliphatic imine (C=N–C) groups is 1. The van der Waals surface area contributed by atoms with Crippen molar-refractivity contribution in [2.45, 2.75) is 0 Å². The molecule has 0 radical (unpaired) electrons. The van der Waals surface area contributed by atoms with E-state index in [9.17, 15) is 15.2 Å². The molecule has 2 rings (SSSR count). The van der Waals surface area contributed by atoms with E-state index in [0.29, 0.717) is 24.4 Å². The lowest BCUT2D eigenvalue weighted by Crippen LogP contribution is -2.05. The number of non-ortho nitro benzene ring substituents is 1. The van der Waals surface area contributed by atoms with Gasteiger partial charge in [0, 0.05) is 40.6 Å². The maximum atomic E-state index is 10.6. The lowest BCUT2D eigenvalue weighted by molar-refractivity contribution is -0.384. The topological polar surface area (TPSA) is 97.0 Å². The number of methoxy groups -OCH3 is 1. The van der Waals surface area contributed by atoms with E-state index in [1.54, 1.807) is 30.5 Å². The first kappa shape index (κ1) is 17.7. The van der Waals surface area contributed by atoms with Crippen LogP contribution in [0.3, 0.4) is 0 Å². The summed E-state index contributed by atoms with van der Waals surface area (Å²) >= 11 is 3.34. The third kappa shape index (κ3) is 4.69. The van der Waals surface area contributed by atoms with Crippen LogP contribution in [0.5, 0.6) is 11.5 Å². The van der Waals surface area contributed by atoms with Gasteiger partial charge in [0.05, 0.1) is 18.6 Å². The SMILES string of the molecule is COc1cc(Br)cc(C=NCCNc2ccc([N+](=O)[O-])cc2)c1O. The zero-order chi connectivity index (χ0) is 17.5. The number of nitro benzene ring substituents is 1. The molecule has 7 nitrogen and oxygen atoms in total. The van der Waals surface area contributed by atoms with Crippen LogP contribution in [0.2, 0.25) is 0 Å². The van der Waals surface area contributed by atoms with E-state index in [1.165, 1.54) is 19.2 Å². The van der Waals surface area contributed by atoms with Gasteiger partial charge in [0.25, 0.3) is 5.69 Å². The second kappa shape index (κ2) is 8.30. The Hall–Kier alpha value is -2.61. The van der Waals surface area contributed by atoms with Crippen LogP contribution >= 0.6 is 15.9 Å². The van der Waals surface area contributed by atoms with Crippen molar-refractivity contribution in [1.29, 1.82) is 0 Å². The molecule has 126 valence electrons. The summed E-state index contributed by atoms with van der Waals surface area (Å²) in [6.45, 7) is 1.03. The highest BCUT2D eigenvalue weighted by Gasteiger charge is 2.07. The van der Waals surface area contributed by atoms with Crippen LogP contribution in [-0.2, 0) is 0 Å². The van der Waals surface area contributed by atoms with E-state index in [0.717, 1.165) is 10.2 Å². The van der Waals surface area contributed by atoms with Gasteiger partial charge in [-0.05, 0) is 24.3 Å². The molecule has 0 fully saturated rings. The first-order valence-electron chi connectivity index (χ1n) is 7.06. The lowest BCUT2D eigenvalue weighted by atomic mass is 10.2. The third-order valence-electron chi connectivity index (χ3n) is 3.17. The molecular weight excluding hydrogens is 378 g/mol. The Morgan fingerprint density at radius 2 is 2.08 bits per heavy atom. The fourth-order valence-electron chi connectivity index (χ4n) is 1.98. The minimum absolute atomic E-state index is 0.0350. The third-order valence-corrected chi connectivity index (χ3v) is 3.63. The number of aromatic hydroxyl groups is 1. The number of phenolic OH excluding ortho intramolecular Hbond substituents is 1. The molecule has 0 heterocycles. The Bertz CT molecular complexity index is 748. The molecule has 8 heteroatoms. The van der Waals surface area contributed by atoms with Gasteiger partial charge in [-0.1, -0.05) is 15.9 Å². The summed E-state index contributed by atoms with van der Waals surface area (Å²) in [5.41, 5.74) is 1.39. The molecule has 0 amide bonds. The number of anilines is 1. The Kier molecular flexibility index (Phi) is 6.14. The van der Waals surface area contributed by atoms with Crippen LogP contribution in [0.4, 0.5) is 11.4 Å². The van der Waals surface area contributed by atoms with Gasteiger partial charge in [-0.2, -0.15) is 0 Å². The molecule has 2 aromatic rings. The summed E-state index contributed by atoms with van der Waals surface area (Å²) < 4.78 is 5.86. The summed E-state index contributed by atoms with van der Waals surface area (Å²) in [7, 11) is 1.48. The van der Waals surface area contributed by atoms with Crippen LogP contribution < -0.4 is 10.1 Å². The van der Waals surface area contributed by atoms with Crippen molar-refractivity contribution in [1.82, 2.24) is 0 Å². The van der Waals surface area contributed by atoms with Crippen molar-refractivity contribution in [3.8, 4) is 11.5 Å². The molecule has 0 saturated carbocycles. The van der Waals surface area contributed by atoms with Gasteiger partial charge in [0.15, 0.2) is 11.5 Å². The Labute approximate surface area is 147 Å². The van der Waals surface area contributed by atoms with Gasteiger partial charge in [-0.3, -0.25) is 15.1 Å². The van der Waals surface area contributed by atoms with Gasteiger partial charge < -0.3 is 15.2 Å². The lowest BCUT2D eigenvalue weighted by Gasteiger charge is -2.07. The predicted octanol–water partition coefficient (Wildman–Crippen LogP) is 3.60. The van der Waals surface area contributed by atoms with Crippen LogP contribution in [-0.4, -0.2) is 36.4 Å². The zero-order valence-electron chi connectivity index (χ0n) is 12.9. The molecule has 0 bridgehead atoms. The van der Waals surface area contributed by atoms with Crippen LogP contribution in [0.15, 0.2) is 45.9 Å².